The molecule has 12 nitrogen and oxygen atoms in total. The molecule has 0 bridgehead atoms. The van der Waals surface area contributed by atoms with Crippen LogP contribution in [0.3, 0.4) is 0 Å². The summed E-state index contributed by atoms with van der Waals surface area (Å²) >= 11 is 0. The van der Waals surface area contributed by atoms with Crippen molar-refractivity contribution in [3.63, 3.8) is 0 Å². The number of aliphatic hydroxyl groups is 1. The second-order valence-corrected chi connectivity index (χ2v) is 11.9. The van der Waals surface area contributed by atoms with Crippen molar-refractivity contribution >= 4 is 38.1 Å². The number of benzene rings is 1. The number of aryl methyl sites for hydroxylation is 2. The maximum absolute atomic E-state index is 12.3. The molecule has 0 radical (unpaired) electrons. The van der Waals surface area contributed by atoms with E-state index in [1.807, 2.05) is 19.1 Å². The Kier molecular flexibility index (Phi) is 7.14. The molecule has 1 aromatic carbocycles. The second kappa shape index (κ2) is 10.4. The molecule has 0 amide bonds. The highest BCUT2D eigenvalue weighted by atomic mass is 32.2. The third-order valence-electron chi connectivity index (χ3n) is 7.39. The molecule has 39 heavy (non-hydrogen) atoms. The molecule has 1 saturated heterocycles. The lowest BCUT2D eigenvalue weighted by atomic mass is 9.94. The number of hydrogen-bond donors (Lipinski definition) is 3. The summed E-state index contributed by atoms with van der Waals surface area (Å²) in [5.41, 5.74) is 2.20. The molecule has 13 heteroatoms. The Hall–Kier alpha value is -3.81. The van der Waals surface area contributed by atoms with Crippen molar-refractivity contribution in [2.24, 2.45) is 7.05 Å². The quantitative estimate of drug-likeness (QED) is 0.283. The number of H-pyrrole nitrogens is 1. The first kappa shape index (κ1) is 26.8. The van der Waals surface area contributed by atoms with Gasteiger partial charge >= 0.3 is 0 Å². The standard InChI is InChI=1S/C26H32N8O4S/c1-16-22(33(3)39(4,37)38)15-34(16)21-8-7-17(6-5-11-35)18-12-24(28-13-19(18)21)30-23-9-10-27-25(31-23)20-14-29-32(2)26(20)36/h7-10,12-14,16,22,29,35H,5-6,11,15H2,1-4H3,(H,27,28,30,31)/t16-,22+/m1/s1. The van der Waals surface area contributed by atoms with Crippen LogP contribution in [0.5, 0.6) is 0 Å². The fraction of sp³-hybridized carbons (Fsp3) is 0.385. The molecule has 1 fully saturated rings. The smallest absolute Gasteiger partial charge is 0.277 e. The van der Waals surface area contributed by atoms with Crippen LogP contribution in [0, 0.1) is 0 Å². The zero-order chi connectivity index (χ0) is 27.9. The van der Waals surface area contributed by atoms with Gasteiger partial charge in [0.2, 0.25) is 10.0 Å². The first-order valence-corrected chi connectivity index (χ1v) is 14.5. The minimum Gasteiger partial charge on any atom is -0.396 e. The SMILES string of the molecule is C[C@@H]1[C@@H](N(C)S(C)(=O)=O)CN1c1ccc(CCCO)c2cc(Nc3ccnc(-c4c[nH]n(C)c4=O)n3)ncc12. The fourth-order valence-electron chi connectivity index (χ4n) is 4.98. The van der Waals surface area contributed by atoms with Gasteiger partial charge in [0.1, 0.15) is 17.2 Å². The first-order valence-electron chi connectivity index (χ1n) is 12.7. The number of aliphatic hydroxyl groups excluding tert-OH is 1. The number of fused-ring (bicyclic) bond motifs is 1. The van der Waals surface area contributed by atoms with Crippen LogP contribution in [0.4, 0.5) is 17.3 Å². The lowest BCUT2D eigenvalue weighted by molar-refractivity contribution is 0.251. The molecule has 0 spiro atoms. The van der Waals surface area contributed by atoms with Gasteiger partial charge in [0.25, 0.3) is 5.56 Å². The Bertz CT molecular complexity index is 1680. The van der Waals surface area contributed by atoms with Crippen molar-refractivity contribution in [3.8, 4) is 11.4 Å². The number of sulfonamides is 1. The van der Waals surface area contributed by atoms with Gasteiger partial charge in [0.15, 0.2) is 5.82 Å². The molecule has 0 aliphatic carbocycles. The predicted molar refractivity (Wildman–Crippen MR) is 151 cm³/mol. The number of nitrogens with zero attached hydrogens (tertiary/aromatic N) is 6. The molecule has 206 valence electrons. The van der Waals surface area contributed by atoms with Gasteiger partial charge in [-0.15, -0.1) is 0 Å². The predicted octanol–water partition coefficient (Wildman–Crippen LogP) is 1.86. The third kappa shape index (κ3) is 5.12. The summed E-state index contributed by atoms with van der Waals surface area (Å²) in [7, 11) is -0.0402. The molecular weight excluding hydrogens is 520 g/mol. The van der Waals surface area contributed by atoms with E-state index in [4.69, 9.17) is 0 Å². The van der Waals surface area contributed by atoms with Gasteiger partial charge in [-0.05, 0) is 48.9 Å². The highest BCUT2D eigenvalue weighted by Crippen LogP contribution is 2.37. The van der Waals surface area contributed by atoms with Crippen molar-refractivity contribution in [1.82, 2.24) is 29.0 Å². The van der Waals surface area contributed by atoms with Crippen molar-refractivity contribution in [1.29, 1.82) is 0 Å². The van der Waals surface area contributed by atoms with Crippen molar-refractivity contribution in [2.45, 2.75) is 31.8 Å². The van der Waals surface area contributed by atoms with Crippen LogP contribution in [0.2, 0.25) is 0 Å². The summed E-state index contributed by atoms with van der Waals surface area (Å²) in [6.45, 7) is 2.69. The zero-order valence-electron chi connectivity index (χ0n) is 22.3. The number of hydrogen-bond acceptors (Lipinski definition) is 9. The molecule has 2 atom stereocenters. The summed E-state index contributed by atoms with van der Waals surface area (Å²) in [5, 5.41) is 17.4. The van der Waals surface area contributed by atoms with E-state index in [0.29, 0.717) is 42.4 Å². The van der Waals surface area contributed by atoms with Crippen LogP contribution in [-0.4, -0.2) is 81.1 Å². The van der Waals surface area contributed by atoms with Crippen LogP contribution >= 0.6 is 0 Å². The fourth-order valence-corrected chi connectivity index (χ4v) is 5.71. The van der Waals surface area contributed by atoms with Crippen LogP contribution in [-0.2, 0) is 23.5 Å². The molecule has 4 aromatic rings. The number of anilines is 3. The van der Waals surface area contributed by atoms with E-state index < -0.39 is 10.0 Å². The van der Waals surface area contributed by atoms with E-state index >= 15 is 0 Å². The van der Waals surface area contributed by atoms with E-state index in [2.05, 4.69) is 36.3 Å². The van der Waals surface area contributed by atoms with E-state index in [1.165, 1.54) is 15.2 Å². The van der Waals surface area contributed by atoms with Gasteiger partial charge in [0.05, 0.1) is 12.3 Å². The Morgan fingerprint density at radius 3 is 2.67 bits per heavy atom. The van der Waals surface area contributed by atoms with Crippen LogP contribution < -0.4 is 15.8 Å². The maximum atomic E-state index is 12.3. The average molecular weight is 553 g/mol. The van der Waals surface area contributed by atoms with E-state index in [1.54, 1.807) is 38.8 Å². The van der Waals surface area contributed by atoms with E-state index in [0.717, 1.165) is 22.0 Å². The number of aromatic amines is 1. The van der Waals surface area contributed by atoms with Crippen LogP contribution in [0.25, 0.3) is 22.2 Å². The highest BCUT2D eigenvalue weighted by molar-refractivity contribution is 7.88. The number of rotatable bonds is 9. The lowest BCUT2D eigenvalue weighted by Crippen LogP contribution is -2.65. The molecule has 5 rings (SSSR count). The molecule has 4 heterocycles. The van der Waals surface area contributed by atoms with Crippen molar-refractivity contribution < 1.29 is 13.5 Å². The van der Waals surface area contributed by atoms with Crippen molar-refractivity contribution in [2.75, 3.05) is 36.7 Å². The Balaban J connectivity index is 1.47. The van der Waals surface area contributed by atoms with Gasteiger partial charge in [-0.25, -0.2) is 23.4 Å². The maximum Gasteiger partial charge on any atom is 0.277 e. The molecule has 0 unspecified atom stereocenters. The number of pyridine rings is 1. The second-order valence-electron chi connectivity index (χ2n) is 9.87. The molecule has 1 aliphatic rings. The van der Waals surface area contributed by atoms with Crippen LogP contribution in [0.1, 0.15) is 18.9 Å². The Morgan fingerprint density at radius 2 is 2.00 bits per heavy atom. The number of likely N-dealkylation sites (N-methyl/N-ethyl adjacent to an activating group) is 1. The minimum absolute atomic E-state index is 0.00500. The highest BCUT2D eigenvalue weighted by Gasteiger charge is 2.41. The summed E-state index contributed by atoms with van der Waals surface area (Å²) in [6.07, 6.45) is 7.50. The Labute approximate surface area is 226 Å². The molecular formula is C26H32N8O4S. The monoisotopic (exact) mass is 552 g/mol. The van der Waals surface area contributed by atoms with Gasteiger partial charge in [0, 0.05) is 63.0 Å². The van der Waals surface area contributed by atoms with E-state index in [-0.39, 0.29) is 24.2 Å². The summed E-state index contributed by atoms with van der Waals surface area (Å²) in [5.74, 6) is 1.36. The van der Waals surface area contributed by atoms with Gasteiger partial charge < -0.3 is 20.4 Å². The first-order chi connectivity index (χ1) is 18.6. The summed E-state index contributed by atoms with van der Waals surface area (Å²) in [6, 6.07) is 7.65. The third-order valence-corrected chi connectivity index (χ3v) is 8.71. The number of aromatic nitrogens is 5. The largest absolute Gasteiger partial charge is 0.396 e. The molecule has 3 N–H and O–H groups in total. The number of nitrogens with one attached hydrogen (secondary N) is 2. The van der Waals surface area contributed by atoms with Gasteiger partial charge in [-0.2, -0.15) is 4.31 Å². The zero-order valence-corrected chi connectivity index (χ0v) is 23.1. The summed E-state index contributed by atoms with van der Waals surface area (Å²) in [4.78, 5) is 27.9. The van der Waals surface area contributed by atoms with Gasteiger partial charge in [-0.1, -0.05) is 6.07 Å². The molecule has 3 aromatic heterocycles. The van der Waals surface area contributed by atoms with Crippen LogP contribution in [0.15, 0.2) is 47.7 Å². The lowest BCUT2D eigenvalue weighted by Gasteiger charge is -2.51. The summed E-state index contributed by atoms with van der Waals surface area (Å²) < 4.78 is 26.9. The van der Waals surface area contributed by atoms with Gasteiger partial charge in [-0.3, -0.25) is 9.48 Å². The Morgan fingerprint density at radius 1 is 1.21 bits per heavy atom. The normalized spacial score (nSPS) is 17.5. The molecule has 1 aliphatic heterocycles. The molecule has 0 saturated carbocycles. The van der Waals surface area contributed by atoms with Crippen molar-refractivity contribution in [3.05, 3.63) is 58.8 Å². The van der Waals surface area contributed by atoms with E-state index in [9.17, 15) is 18.3 Å². The average Bonchev–Trinajstić information content (AvgIpc) is 3.24. The topological polar surface area (TPSA) is 149 Å². The minimum atomic E-state index is -3.29.